The van der Waals surface area contributed by atoms with E-state index in [0.717, 1.165) is 22.3 Å². The highest BCUT2D eigenvalue weighted by Gasteiger charge is 2.21. The van der Waals surface area contributed by atoms with Crippen molar-refractivity contribution in [3.8, 4) is 11.1 Å². The van der Waals surface area contributed by atoms with E-state index >= 15 is 0 Å². The van der Waals surface area contributed by atoms with E-state index < -0.39 is 12.1 Å². The Kier molecular flexibility index (Phi) is 5.90. The molecule has 3 rings (SSSR count). The molecule has 1 atom stereocenters. The van der Waals surface area contributed by atoms with E-state index in [4.69, 9.17) is 4.74 Å². The van der Waals surface area contributed by atoms with Crippen molar-refractivity contribution < 1.29 is 14.3 Å². The zero-order chi connectivity index (χ0) is 20.1. The lowest BCUT2D eigenvalue weighted by Crippen LogP contribution is -2.30. The molecule has 0 aromatic heterocycles. The first-order valence-electron chi connectivity index (χ1n) is 9.20. The van der Waals surface area contributed by atoms with E-state index in [9.17, 15) is 9.59 Å². The monoisotopic (exact) mass is 373 g/mol. The van der Waals surface area contributed by atoms with Crippen LogP contribution in [0.3, 0.4) is 0 Å². The number of para-hydroxylation sites is 1. The predicted molar refractivity (Wildman–Crippen MR) is 111 cm³/mol. The summed E-state index contributed by atoms with van der Waals surface area (Å²) in [7, 11) is 0. The minimum absolute atomic E-state index is 0.373. The van der Waals surface area contributed by atoms with Crippen molar-refractivity contribution in [2.24, 2.45) is 0 Å². The Bertz CT molecular complexity index is 996. The summed E-state index contributed by atoms with van der Waals surface area (Å²) in [5.74, 6) is -0.873. The van der Waals surface area contributed by atoms with Gasteiger partial charge in [0.1, 0.15) is 0 Å². The lowest BCUT2D eigenvalue weighted by atomic mass is 10.0. The van der Waals surface area contributed by atoms with Crippen LogP contribution in [0.25, 0.3) is 11.1 Å². The second-order valence-corrected chi connectivity index (χ2v) is 6.70. The smallest absolute Gasteiger partial charge is 0.339 e. The first-order valence-corrected chi connectivity index (χ1v) is 9.20. The first-order chi connectivity index (χ1) is 13.5. The molecule has 0 heterocycles. The second kappa shape index (κ2) is 8.53. The van der Waals surface area contributed by atoms with Crippen LogP contribution in [0.1, 0.15) is 28.4 Å². The number of carbonyl (C=O) groups is 2. The third-order valence-electron chi connectivity index (χ3n) is 4.75. The molecule has 0 saturated carbocycles. The molecule has 0 aliphatic heterocycles. The molecule has 4 heteroatoms. The quantitative estimate of drug-likeness (QED) is 0.629. The van der Waals surface area contributed by atoms with Crippen molar-refractivity contribution in [1.29, 1.82) is 0 Å². The highest BCUT2D eigenvalue weighted by Crippen LogP contribution is 2.27. The number of nitrogens with one attached hydrogen (secondary N) is 1. The minimum atomic E-state index is -0.920. The number of hydrogen-bond acceptors (Lipinski definition) is 3. The van der Waals surface area contributed by atoms with Gasteiger partial charge in [-0.2, -0.15) is 0 Å². The van der Waals surface area contributed by atoms with Gasteiger partial charge in [0.15, 0.2) is 6.10 Å². The third-order valence-corrected chi connectivity index (χ3v) is 4.75. The van der Waals surface area contributed by atoms with Gasteiger partial charge in [-0.3, -0.25) is 4.79 Å². The zero-order valence-electron chi connectivity index (χ0n) is 16.2. The van der Waals surface area contributed by atoms with E-state index in [2.05, 4.69) is 5.32 Å². The van der Waals surface area contributed by atoms with Crippen molar-refractivity contribution >= 4 is 17.6 Å². The number of ether oxygens (including phenoxy) is 1. The molecule has 3 aromatic carbocycles. The zero-order valence-corrected chi connectivity index (χ0v) is 16.2. The maximum absolute atomic E-state index is 12.6. The van der Waals surface area contributed by atoms with Gasteiger partial charge < -0.3 is 10.1 Å². The summed E-state index contributed by atoms with van der Waals surface area (Å²) in [4.78, 5) is 25.1. The van der Waals surface area contributed by atoms with Gasteiger partial charge >= 0.3 is 5.97 Å². The first kappa shape index (κ1) is 19.4. The molecule has 0 saturated heterocycles. The Morgan fingerprint density at radius 3 is 2.29 bits per heavy atom. The molecule has 1 N–H and O–H groups in total. The molecule has 0 bridgehead atoms. The number of amides is 1. The maximum atomic E-state index is 12.6. The Morgan fingerprint density at radius 2 is 1.54 bits per heavy atom. The van der Waals surface area contributed by atoms with Crippen LogP contribution in [-0.4, -0.2) is 18.0 Å². The van der Waals surface area contributed by atoms with E-state index in [-0.39, 0.29) is 5.91 Å². The van der Waals surface area contributed by atoms with Crippen molar-refractivity contribution in [1.82, 2.24) is 0 Å². The molecule has 0 aliphatic carbocycles. The van der Waals surface area contributed by atoms with Gasteiger partial charge in [0.2, 0.25) is 0 Å². The molecule has 4 nitrogen and oxygen atoms in total. The Balaban J connectivity index is 1.73. The van der Waals surface area contributed by atoms with Crippen LogP contribution in [0.2, 0.25) is 0 Å². The summed E-state index contributed by atoms with van der Waals surface area (Å²) in [6.07, 6.45) is -0.920. The van der Waals surface area contributed by atoms with Crippen LogP contribution >= 0.6 is 0 Å². The summed E-state index contributed by atoms with van der Waals surface area (Å²) >= 11 is 0. The molecule has 0 spiro atoms. The molecule has 0 fully saturated rings. The van der Waals surface area contributed by atoms with E-state index in [1.165, 1.54) is 0 Å². The highest BCUT2D eigenvalue weighted by atomic mass is 16.5. The van der Waals surface area contributed by atoms with E-state index in [1.807, 2.05) is 74.5 Å². The van der Waals surface area contributed by atoms with Crippen molar-refractivity contribution in [3.05, 3.63) is 89.5 Å². The van der Waals surface area contributed by atoms with Gasteiger partial charge in [0.05, 0.1) is 5.56 Å². The molecule has 28 heavy (non-hydrogen) atoms. The van der Waals surface area contributed by atoms with Crippen LogP contribution in [0.15, 0.2) is 72.8 Å². The molecule has 0 aliphatic rings. The molecule has 0 unspecified atom stereocenters. The number of rotatable bonds is 5. The molecular formula is C24H23NO3. The van der Waals surface area contributed by atoms with Gasteiger partial charge in [0.25, 0.3) is 5.91 Å². The van der Waals surface area contributed by atoms with Crippen molar-refractivity contribution in [2.75, 3.05) is 5.32 Å². The number of carbonyl (C=O) groups excluding carboxylic acids is 2. The van der Waals surface area contributed by atoms with Crippen LogP contribution < -0.4 is 5.32 Å². The topological polar surface area (TPSA) is 55.4 Å². The fourth-order valence-corrected chi connectivity index (χ4v) is 2.95. The van der Waals surface area contributed by atoms with Crippen LogP contribution in [0, 0.1) is 13.8 Å². The fourth-order valence-electron chi connectivity index (χ4n) is 2.95. The van der Waals surface area contributed by atoms with Crippen molar-refractivity contribution in [3.63, 3.8) is 0 Å². The predicted octanol–water partition coefficient (Wildman–Crippen LogP) is 5.15. The second-order valence-electron chi connectivity index (χ2n) is 6.70. The SMILES string of the molecule is Cc1cccc(C(=O)O[C@H](C)C(=O)Nc2ccccc2-c2ccccc2)c1C. The van der Waals surface area contributed by atoms with Crippen LogP contribution in [0.5, 0.6) is 0 Å². The van der Waals surface area contributed by atoms with Gasteiger partial charge in [-0.15, -0.1) is 0 Å². The van der Waals surface area contributed by atoms with Gasteiger partial charge in [-0.1, -0.05) is 60.7 Å². The summed E-state index contributed by atoms with van der Waals surface area (Å²) in [6.45, 7) is 5.37. The summed E-state index contributed by atoms with van der Waals surface area (Å²) < 4.78 is 5.40. The van der Waals surface area contributed by atoms with Crippen LogP contribution in [-0.2, 0) is 9.53 Å². The Hall–Kier alpha value is -3.40. The summed E-state index contributed by atoms with van der Waals surface area (Å²) in [5.41, 5.74) is 4.92. The normalized spacial score (nSPS) is 11.5. The van der Waals surface area contributed by atoms with Crippen molar-refractivity contribution in [2.45, 2.75) is 26.9 Å². The number of aryl methyl sites for hydroxylation is 1. The van der Waals surface area contributed by atoms with E-state index in [0.29, 0.717) is 11.3 Å². The molecule has 1 amide bonds. The maximum Gasteiger partial charge on any atom is 0.339 e. The van der Waals surface area contributed by atoms with E-state index in [1.54, 1.807) is 19.1 Å². The fraction of sp³-hybridized carbons (Fsp3) is 0.167. The summed E-state index contributed by atoms with van der Waals surface area (Å²) in [6, 6.07) is 22.8. The number of hydrogen-bond donors (Lipinski definition) is 1. The lowest BCUT2D eigenvalue weighted by molar-refractivity contribution is -0.123. The van der Waals surface area contributed by atoms with Gasteiger partial charge in [-0.05, 0) is 49.6 Å². The number of benzene rings is 3. The standard InChI is InChI=1S/C24H23NO3/c1-16-10-9-14-20(17(16)2)24(27)28-18(3)23(26)25-22-15-8-7-13-21(22)19-11-5-4-6-12-19/h4-15,18H,1-3H3,(H,25,26)/t18-/m1/s1. The highest BCUT2D eigenvalue weighted by molar-refractivity contribution is 6.00. The summed E-state index contributed by atoms with van der Waals surface area (Å²) in [5, 5.41) is 2.88. The van der Waals surface area contributed by atoms with Crippen LogP contribution in [0.4, 0.5) is 5.69 Å². The minimum Gasteiger partial charge on any atom is -0.449 e. The largest absolute Gasteiger partial charge is 0.449 e. The third kappa shape index (κ3) is 4.29. The molecular weight excluding hydrogens is 350 g/mol. The lowest BCUT2D eigenvalue weighted by Gasteiger charge is -2.16. The Morgan fingerprint density at radius 1 is 0.857 bits per heavy atom. The molecule has 3 aromatic rings. The number of esters is 1. The molecule has 142 valence electrons. The number of anilines is 1. The van der Waals surface area contributed by atoms with Gasteiger partial charge in [-0.25, -0.2) is 4.79 Å². The molecule has 0 radical (unpaired) electrons. The average Bonchev–Trinajstić information content (AvgIpc) is 2.71. The Labute approximate surface area is 165 Å². The average molecular weight is 373 g/mol. The van der Waals surface area contributed by atoms with Gasteiger partial charge in [0, 0.05) is 11.3 Å².